The number of amides is 1. The Kier molecular flexibility index (Phi) is 8.12. The van der Waals surface area contributed by atoms with Crippen molar-refractivity contribution in [2.24, 2.45) is 0 Å². The topological polar surface area (TPSA) is 60.5 Å². The van der Waals surface area contributed by atoms with E-state index in [1.54, 1.807) is 24.2 Å². The normalized spacial score (nSPS) is 21.6. The van der Waals surface area contributed by atoms with Crippen molar-refractivity contribution in [3.8, 4) is 0 Å². The highest BCUT2D eigenvalue weighted by molar-refractivity contribution is 5.75. The van der Waals surface area contributed by atoms with Gasteiger partial charge in [-0.15, -0.1) is 0 Å². The standard InChI is InChI=1S/C28H36FN5O/c1-7-31-25-9-8-18-32-26(25)33(6)24-12-10-23(11-13-24)21(2)19-34(20-35)22(3)28(30-5)16-14-27(4,29)15-17-28/h7-13,18,20,30-31H,1-3,14-17,19H2,4-6H3. The molecule has 7 heteroatoms. The Labute approximate surface area is 208 Å². The molecule has 0 spiro atoms. The number of alkyl halides is 1. The SMILES string of the molecule is C=CNc1cccnc1N(C)c1ccc(C(=C)CN(C=O)C(=C)C2(NC)CCC(C)(F)CC2)cc1. The van der Waals surface area contributed by atoms with Crippen LogP contribution in [0.25, 0.3) is 5.57 Å². The largest absolute Gasteiger partial charge is 0.359 e. The number of carbonyl (C=O) groups excluding carboxylic acids is 1. The van der Waals surface area contributed by atoms with Crippen molar-refractivity contribution < 1.29 is 9.18 Å². The van der Waals surface area contributed by atoms with Gasteiger partial charge in [-0.25, -0.2) is 9.37 Å². The van der Waals surface area contributed by atoms with Gasteiger partial charge in [-0.05, 0) is 81.3 Å². The van der Waals surface area contributed by atoms with Crippen LogP contribution in [0, 0.1) is 0 Å². The fourth-order valence-electron chi connectivity index (χ4n) is 4.58. The minimum Gasteiger partial charge on any atom is -0.359 e. The first-order valence-electron chi connectivity index (χ1n) is 11.8. The summed E-state index contributed by atoms with van der Waals surface area (Å²) in [6.45, 7) is 14.1. The maximum absolute atomic E-state index is 14.4. The lowest BCUT2D eigenvalue weighted by molar-refractivity contribution is -0.116. The first-order chi connectivity index (χ1) is 16.7. The predicted molar refractivity (Wildman–Crippen MR) is 143 cm³/mol. The van der Waals surface area contributed by atoms with Crippen molar-refractivity contribution in [1.29, 1.82) is 0 Å². The molecule has 0 atom stereocenters. The first-order valence-corrected chi connectivity index (χ1v) is 11.8. The van der Waals surface area contributed by atoms with E-state index in [9.17, 15) is 9.18 Å². The second-order valence-electron chi connectivity index (χ2n) is 9.36. The molecule has 1 aliphatic rings. The monoisotopic (exact) mass is 477 g/mol. The van der Waals surface area contributed by atoms with Crippen LogP contribution in [0.5, 0.6) is 0 Å². The third kappa shape index (κ3) is 5.80. The number of rotatable bonds is 11. The van der Waals surface area contributed by atoms with Gasteiger partial charge in [0.2, 0.25) is 6.41 Å². The van der Waals surface area contributed by atoms with E-state index in [1.807, 2.05) is 55.4 Å². The van der Waals surface area contributed by atoms with Crippen LogP contribution in [-0.4, -0.2) is 48.1 Å². The molecule has 3 rings (SSSR count). The fraction of sp³-hybridized carbons (Fsp3) is 0.357. The Balaban J connectivity index is 1.72. The highest BCUT2D eigenvalue weighted by atomic mass is 19.1. The molecule has 0 radical (unpaired) electrons. The molecule has 2 aromatic rings. The molecule has 1 amide bonds. The van der Waals surface area contributed by atoms with Crippen molar-refractivity contribution in [1.82, 2.24) is 15.2 Å². The summed E-state index contributed by atoms with van der Waals surface area (Å²) in [6.07, 6.45) is 6.18. The Hall–Kier alpha value is -3.45. The minimum absolute atomic E-state index is 0.307. The van der Waals surface area contributed by atoms with E-state index < -0.39 is 11.2 Å². The molecule has 2 N–H and O–H groups in total. The highest BCUT2D eigenvalue weighted by Crippen LogP contribution is 2.41. The number of benzene rings is 1. The number of nitrogens with one attached hydrogen (secondary N) is 2. The van der Waals surface area contributed by atoms with Gasteiger partial charge in [-0.3, -0.25) is 4.79 Å². The number of halogens is 1. The zero-order valence-electron chi connectivity index (χ0n) is 21.0. The van der Waals surface area contributed by atoms with E-state index in [0.29, 0.717) is 37.9 Å². The minimum atomic E-state index is -1.18. The van der Waals surface area contributed by atoms with Crippen LogP contribution in [0.15, 0.2) is 74.2 Å². The lowest BCUT2D eigenvalue weighted by Crippen LogP contribution is -2.53. The summed E-state index contributed by atoms with van der Waals surface area (Å²) in [7, 11) is 3.79. The quantitative estimate of drug-likeness (QED) is 0.410. The maximum Gasteiger partial charge on any atom is 0.214 e. The summed E-state index contributed by atoms with van der Waals surface area (Å²) in [5.41, 5.74) is 2.49. The van der Waals surface area contributed by atoms with Gasteiger partial charge in [-0.2, -0.15) is 0 Å². The average Bonchev–Trinajstić information content (AvgIpc) is 2.87. The van der Waals surface area contributed by atoms with Crippen molar-refractivity contribution in [2.75, 3.05) is 30.9 Å². The van der Waals surface area contributed by atoms with Crippen LogP contribution in [0.2, 0.25) is 0 Å². The molecule has 1 fully saturated rings. The molecule has 1 aliphatic carbocycles. The van der Waals surface area contributed by atoms with Gasteiger partial charge >= 0.3 is 0 Å². The smallest absolute Gasteiger partial charge is 0.214 e. The Morgan fingerprint density at radius 1 is 1.17 bits per heavy atom. The molecule has 0 aliphatic heterocycles. The molecule has 1 saturated carbocycles. The Bertz CT molecular complexity index is 1070. The molecule has 0 unspecified atom stereocenters. The molecule has 35 heavy (non-hydrogen) atoms. The molecule has 1 aromatic heterocycles. The third-order valence-electron chi connectivity index (χ3n) is 7.04. The van der Waals surface area contributed by atoms with Gasteiger partial charge in [0.1, 0.15) is 5.67 Å². The molecule has 6 nitrogen and oxygen atoms in total. The van der Waals surface area contributed by atoms with Crippen LogP contribution >= 0.6 is 0 Å². The van der Waals surface area contributed by atoms with E-state index in [4.69, 9.17) is 0 Å². The number of aromatic nitrogens is 1. The summed E-state index contributed by atoms with van der Waals surface area (Å²) in [5.74, 6) is 0.775. The van der Waals surface area contributed by atoms with Crippen LogP contribution < -0.4 is 15.5 Å². The fourth-order valence-corrected chi connectivity index (χ4v) is 4.58. The molecule has 186 valence electrons. The first kappa shape index (κ1) is 26.2. The molecule has 1 aromatic carbocycles. The number of hydrogen-bond acceptors (Lipinski definition) is 5. The van der Waals surface area contributed by atoms with Crippen LogP contribution in [0.1, 0.15) is 38.2 Å². The lowest BCUT2D eigenvalue weighted by Gasteiger charge is -2.45. The maximum atomic E-state index is 14.4. The van der Waals surface area contributed by atoms with Gasteiger partial charge in [0.05, 0.1) is 17.8 Å². The van der Waals surface area contributed by atoms with Crippen LogP contribution in [-0.2, 0) is 4.79 Å². The van der Waals surface area contributed by atoms with Gasteiger partial charge < -0.3 is 20.4 Å². The van der Waals surface area contributed by atoms with E-state index >= 15 is 0 Å². The van der Waals surface area contributed by atoms with Gasteiger partial charge in [-0.1, -0.05) is 31.9 Å². The van der Waals surface area contributed by atoms with Crippen molar-refractivity contribution in [2.45, 2.75) is 43.8 Å². The lowest BCUT2D eigenvalue weighted by atomic mass is 9.73. The number of anilines is 3. The van der Waals surface area contributed by atoms with E-state index in [-0.39, 0.29) is 0 Å². The molecular weight excluding hydrogens is 441 g/mol. The number of likely N-dealkylation sites (N-methyl/N-ethyl adjacent to an activating group) is 1. The molecule has 0 saturated heterocycles. The Morgan fingerprint density at radius 2 is 1.83 bits per heavy atom. The third-order valence-corrected chi connectivity index (χ3v) is 7.04. The summed E-state index contributed by atoms with van der Waals surface area (Å²) in [6, 6.07) is 11.7. The van der Waals surface area contributed by atoms with Crippen molar-refractivity contribution >= 4 is 29.2 Å². The zero-order chi connectivity index (χ0) is 25.6. The summed E-state index contributed by atoms with van der Waals surface area (Å²) >= 11 is 0. The van der Waals surface area contributed by atoms with Gasteiger partial charge in [0, 0.05) is 24.6 Å². The van der Waals surface area contributed by atoms with Gasteiger partial charge in [0.25, 0.3) is 0 Å². The molecular formula is C28H36FN5O. The van der Waals surface area contributed by atoms with Crippen LogP contribution in [0.4, 0.5) is 21.6 Å². The average molecular weight is 478 g/mol. The van der Waals surface area contributed by atoms with Gasteiger partial charge in [0.15, 0.2) is 5.82 Å². The number of nitrogens with zero attached hydrogens (tertiary/aromatic N) is 3. The van der Waals surface area contributed by atoms with Crippen LogP contribution in [0.3, 0.4) is 0 Å². The number of hydrogen-bond donors (Lipinski definition) is 2. The number of carbonyl (C=O) groups is 1. The summed E-state index contributed by atoms with van der Waals surface area (Å²) < 4.78 is 14.4. The summed E-state index contributed by atoms with van der Waals surface area (Å²) in [5, 5.41) is 6.42. The van der Waals surface area contributed by atoms with Crippen molar-refractivity contribution in [3.05, 3.63) is 79.8 Å². The summed E-state index contributed by atoms with van der Waals surface area (Å²) in [4.78, 5) is 20.1. The highest BCUT2D eigenvalue weighted by Gasteiger charge is 2.43. The Morgan fingerprint density at radius 3 is 2.40 bits per heavy atom. The van der Waals surface area contributed by atoms with E-state index in [2.05, 4.69) is 35.4 Å². The van der Waals surface area contributed by atoms with Crippen molar-refractivity contribution in [3.63, 3.8) is 0 Å². The van der Waals surface area contributed by atoms with E-state index in [1.165, 1.54) is 0 Å². The second-order valence-corrected chi connectivity index (χ2v) is 9.36. The molecule has 0 bridgehead atoms. The molecule has 1 heterocycles. The number of pyridine rings is 1. The zero-order valence-corrected chi connectivity index (χ0v) is 21.0. The predicted octanol–water partition coefficient (Wildman–Crippen LogP) is 5.65. The van der Waals surface area contributed by atoms with E-state index in [0.717, 1.165) is 34.7 Å². The second kappa shape index (κ2) is 10.9.